The molecule has 1 heterocycles. The topological polar surface area (TPSA) is 86.9 Å². The van der Waals surface area contributed by atoms with E-state index in [0.29, 0.717) is 24.7 Å². The van der Waals surface area contributed by atoms with E-state index in [2.05, 4.69) is 20.2 Å². The Bertz CT molecular complexity index is 482. The Labute approximate surface area is 111 Å². The first kappa shape index (κ1) is 13.9. The largest absolute Gasteiger partial charge is 0.310 e. The second-order valence-corrected chi connectivity index (χ2v) is 6.96. The molecule has 1 aromatic heterocycles. The number of hydrogen-bond donors (Lipinski definition) is 3. The summed E-state index contributed by atoms with van der Waals surface area (Å²) in [5.74, 6) is 0.753. The van der Waals surface area contributed by atoms with Crippen molar-refractivity contribution in [2.45, 2.75) is 30.5 Å². The van der Waals surface area contributed by atoms with Crippen LogP contribution in [0.4, 0.5) is 0 Å². The first-order valence-electron chi connectivity index (χ1n) is 5.87. The van der Waals surface area contributed by atoms with Gasteiger partial charge in [0.05, 0.1) is 6.20 Å². The van der Waals surface area contributed by atoms with Crippen LogP contribution in [0.1, 0.15) is 18.4 Å². The summed E-state index contributed by atoms with van der Waals surface area (Å²) in [4.78, 5) is 0. The van der Waals surface area contributed by atoms with E-state index in [1.165, 1.54) is 12.8 Å². The highest BCUT2D eigenvalue weighted by atomic mass is 32.2. The molecule has 0 aliphatic heterocycles. The van der Waals surface area contributed by atoms with E-state index < -0.39 is 10.0 Å². The maximum atomic E-state index is 12.0. The molecule has 0 saturated heterocycles. The van der Waals surface area contributed by atoms with Crippen LogP contribution in [-0.2, 0) is 16.6 Å². The Hall–Kier alpha value is -0.570. The summed E-state index contributed by atoms with van der Waals surface area (Å²) in [7, 11) is -3.47. The van der Waals surface area contributed by atoms with Crippen LogP contribution in [0, 0.1) is 0 Å². The summed E-state index contributed by atoms with van der Waals surface area (Å²) in [6.45, 7) is 0.970. The number of aromatic nitrogens is 2. The molecule has 0 amide bonds. The summed E-state index contributed by atoms with van der Waals surface area (Å²) in [5.41, 5.74) is 0.693. The molecule has 2 rings (SSSR count). The van der Waals surface area contributed by atoms with Gasteiger partial charge in [0.25, 0.3) is 10.0 Å². The van der Waals surface area contributed by atoms with Gasteiger partial charge in [0.2, 0.25) is 0 Å². The summed E-state index contributed by atoms with van der Waals surface area (Å²) in [6, 6.07) is 0.542. The molecule has 18 heavy (non-hydrogen) atoms. The number of nitrogens with one attached hydrogen (secondary N) is 3. The normalized spacial score (nSPS) is 16.1. The van der Waals surface area contributed by atoms with E-state index in [9.17, 15) is 8.42 Å². The van der Waals surface area contributed by atoms with Crippen molar-refractivity contribution in [1.29, 1.82) is 0 Å². The van der Waals surface area contributed by atoms with Crippen LogP contribution in [0.5, 0.6) is 0 Å². The number of sulfonamides is 1. The summed E-state index contributed by atoms with van der Waals surface area (Å²) in [5, 5.41) is 9.86. The van der Waals surface area contributed by atoms with Crippen molar-refractivity contribution in [3.05, 3.63) is 11.8 Å². The zero-order valence-electron chi connectivity index (χ0n) is 10.3. The second-order valence-electron chi connectivity index (χ2n) is 4.27. The summed E-state index contributed by atoms with van der Waals surface area (Å²) >= 11 is 1.60. The molecule has 8 heteroatoms. The Balaban J connectivity index is 1.99. The van der Waals surface area contributed by atoms with Gasteiger partial charge in [-0.25, -0.2) is 13.1 Å². The lowest BCUT2D eigenvalue weighted by Gasteiger charge is -2.07. The minimum Gasteiger partial charge on any atom is -0.310 e. The molecule has 1 saturated carbocycles. The zero-order chi connectivity index (χ0) is 13.0. The fraction of sp³-hybridized carbons (Fsp3) is 0.700. The molecule has 0 unspecified atom stereocenters. The Morgan fingerprint density at radius 3 is 3.00 bits per heavy atom. The maximum Gasteiger partial charge on any atom is 0.257 e. The van der Waals surface area contributed by atoms with Crippen molar-refractivity contribution < 1.29 is 8.42 Å². The lowest BCUT2D eigenvalue weighted by Crippen LogP contribution is -2.28. The van der Waals surface area contributed by atoms with Gasteiger partial charge in [-0.05, 0) is 19.1 Å². The van der Waals surface area contributed by atoms with Crippen LogP contribution in [0.2, 0.25) is 0 Å². The van der Waals surface area contributed by atoms with Crippen LogP contribution in [0.15, 0.2) is 11.2 Å². The number of rotatable bonds is 8. The van der Waals surface area contributed by atoms with Gasteiger partial charge in [0.1, 0.15) is 0 Å². The van der Waals surface area contributed by atoms with Crippen molar-refractivity contribution in [3.63, 3.8) is 0 Å². The fourth-order valence-corrected chi connectivity index (χ4v) is 3.14. The van der Waals surface area contributed by atoms with E-state index in [1.807, 2.05) is 6.26 Å². The molecular formula is C10H18N4O2S2. The third kappa shape index (κ3) is 3.71. The second kappa shape index (κ2) is 6.05. The first-order chi connectivity index (χ1) is 8.63. The molecule has 0 bridgehead atoms. The van der Waals surface area contributed by atoms with E-state index >= 15 is 0 Å². The minimum atomic E-state index is -3.47. The van der Waals surface area contributed by atoms with E-state index in [0.717, 1.165) is 5.75 Å². The highest BCUT2D eigenvalue weighted by molar-refractivity contribution is 7.98. The number of H-pyrrole nitrogens is 1. The number of aromatic amines is 1. The highest BCUT2D eigenvalue weighted by Crippen LogP contribution is 2.20. The molecule has 0 aromatic carbocycles. The molecule has 6 nitrogen and oxygen atoms in total. The van der Waals surface area contributed by atoms with Crippen molar-refractivity contribution in [2.24, 2.45) is 0 Å². The molecule has 1 aromatic rings. The van der Waals surface area contributed by atoms with Gasteiger partial charge >= 0.3 is 0 Å². The van der Waals surface area contributed by atoms with Crippen LogP contribution in [-0.4, -0.2) is 43.2 Å². The van der Waals surface area contributed by atoms with Crippen LogP contribution in [0.25, 0.3) is 0 Å². The highest BCUT2D eigenvalue weighted by Gasteiger charge is 2.24. The molecule has 1 aliphatic carbocycles. The SMILES string of the molecule is CSCCNS(=O)(=O)c1[nH]ncc1CNC1CC1. The maximum absolute atomic E-state index is 12.0. The number of hydrogen-bond acceptors (Lipinski definition) is 5. The van der Waals surface area contributed by atoms with Crippen LogP contribution in [0.3, 0.4) is 0 Å². The molecule has 1 fully saturated rings. The monoisotopic (exact) mass is 290 g/mol. The van der Waals surface area contributed by atoms with Crippen LogP contribution < -0.4 is 10.0 Å². The summed E-state index contributed by atoms with van der Waals surface area (Å²) in [6.07, 6.45) is 5.85. The quantitative estimate of drug-likeness (QED) is 0.600. The molecule has 1 aliphatic rings. The van der Waals surface area contributed by atoms with Gasteiger partial charge in [-0.3, -0.25) is 5.10 Å². The predicted octanol–water partition coefficient (Wildman–Crippen LogP) is 0.303. The van der Waals surface area contributed by atoms with E-state index in [1.54, 1.807) is 18.0 Å². The molecular weight excluding hydrogens is 272 g/mol. The van der Waals surface area contributed by atoms with Crippen molar-refractivity contribution in [1.82, 2.24) is 20.2 Å². The van der Waals surface area contributed by atoms with Gasteiger partial charge in [-0.1, -0.05) is 0 Å². The van der Waals surface area contributed by atoms with Crippen LogP contribution >= 0.6 is 11.8 Å². The smallest absolute Gasteiger partial charge is 0.257 e. The van der Waals surface area contributed by atoms with Crippen molar-refractivity contribution in [3.8, 4) is 0 Å². The minimum absolute atomic E-state index is 0.178. The first-order valence-corrected chi connectivity index (χ1v) is 8.75. The van der Waals surface area contributed by atoms with Gasteiger partial charge in [-0.2, -0.15) is 16.9 Å². The summed E-state index contributed by atoms with van der Waals surface area (Å²) < 4.78 is 26.6. The standard InChI is InChI=1S/C10H18N4O2S2/c1-17-5-4-13-18(15,16)10-8(7-12-14-10)6-11-9-2-3-9/h7,9,11,13H,2-6H2,1H3,(H,12,14). The fourth-order valence-electron chi connectivity index (χ4n) is 1.55. The number of nitrogens with zero attached hydrogens (tertiary/aromatic N) is 1. The Morgan fingerprint density at radius 2 is 2.33 bits per heavy atom. The van der Waals surface area contributed by atoms with E-state index in [4.69, 9.17) is 0 Å². The van der Waals surface area contributed by atoms with Gasteiger partial charge < -0.3 is 5.32 Å². The lowest BCUT2D eigenvalue weighted by molar-refractivity contribution is 0.576. The zero-order valence-corrected chi connectivity index (χ0v) is 11.9. The Kier molecular flexibility index (Phi) is 4.66. The van der Waals surface area contributed by atoms with Crippen molar-refractivity contribution >= 4 is 21.8 Å². The predicted molar refractivity (Wildman–Crippen MR) is 72.0 cm³/mol. The van der Waals surface area contributed by atoms with Gasteiger partial charge in [0, 0.05) is 30.4 Å². The third-order valence-corrected chi connectivity index (χ3v) is 4.79. The number of thioether (sulfide) groups is 1. The average Bonchev–Trinajstić information content (AvgIpc) is 3.03. The lowest BCUT2D eigenvalue weighted by atomic mass is 10.3. The third-order valence-electron chi connectivity index (χ3n) is 2.70. The molecule has 3 N–H and O–H groups in total. The molecule has 0 atom stereocenters. The van der Waals surface area contributed by atoms with Crippen molar-refractivity contribution in [2.75, 3.05) is 18.6 Å². The molecule has 102 valence electrons. The molecule has 0 spiro atoms. The van der Waals surface area contributed by atoms with Gasteiger partial charge in [0.15, 0.2) is 5.03 Å². The average molecular weight is 290 g/mol. The Morgan fingerprint density at radius 1 is 1.56 bits per heavy atom. The van der Waals surface area contributed by atoms with E-state index in [-0.39, 0.29) is 5.03 Å². The van der Waals surface area contributed by atoms with Gasteiger partial charge in [-0.15, -0.1) is 0 Å². The molecule has 0 radical (unpaired) electrons.